The van der Waals surface area contributed by atoms with Crippen LogP contribution in [0.3, 0.4) is 0 Å². The number of fused-ring (bicyclic) bond motifs is 2. The first-order valence-corrected chi connectivity index (χ1v) is 16.0. The first-order valence-electron chi connectivity index (χ1n) is 16.0. The third-order valence-corrected chi connectivity index (χ3v) is 10.8. The van der Waals surface area contributed by atoms with Crippen molar-refractivity contribution in [2.75, 3.05) is 28.2 Å². The zero-order valence-electron chi connectivity index (χ0n) is 24.9. The molecule has 0 amide bonds. The molecule has 0 radical (unpaired) electrons. The molecule has 2 fully saturated rings. The minimum absolute atomic E-state index is 0.738. The highest BCUT2D eigenvalue weighted by molar-refractivity contribution is 5.35. The Labute approximate surface area is 234 Å². The molecule has 0 saturated heterocycles. The summed E-state index contributed by atoms with van der Waals surface area (Å²) in [7, 11) is 8.99. The average molecular weight is 515 g/mol. The quantitative estimate of drug-likeness (QED) is 0.404. The van der Waals surface area contributed by atoms with Crippen LogP contribution in [0.15, 0.2) is 48.5 Å². The smallest absolute Gasteiger partial charge is 0.0136 e. The molecule has 0 bridgehead atoms. The molecule has 6 rings (SSSR count). The van der Waals surface area contributed by atoms with Crippen LogP contribution in [0, 0.1) is 11.8 Å². The number of benzene rings is 2. The molecule has 2 saturated carbocycles. The number of rotatable bonds is 4. The van der Waals surface area contributed by atoms with Crippen LogP contribution in [0.25, 0.3) is 0 Å². The fourth-order valence-corrected chi connectivity index (χ4v) is 8.43. The third-order valence-electron chi connectivity index (χ3n) is 10.8. The fraction of sp³-hybridized carbons (Fsp3) is 0.667. The van der Waals surface area contributed by atoms with Crippen molar-refractivity contribution >= 4 is 0 Å². The Hall–Kier alpha value is -1.64. The Balaban J connectivity index is 0.000000155. The standard InChI is InChI=1S/2C18H27N/c2*1-19(2)16-12-15-10-6-7-11-17(15)18(13-16)14-8-4-3-5-9-14/h2*6-7,10-11,14,16,18H,3-5,8-9,12-13H2,1-2H3/t2*16-,18-/m10/s1. The molecule has 0 spiro atoms. The van der Waals surface area contributed by atoms with Crippen LogP contribution < -0.4 is 0 Å². The Kier molecular flexibility index (Phi) is 9.65. The van der Waals surface area contributed by atoms with Crippen LogP contribution in [0.4, 0.5) is 0 Å². The molecule has 0 aliphatic heterocycles. The van der Waals surface area contributed by atoms with Crippen LogP contribution in [-0.2, 0) is 12.8 Å². The van der Waals surface area contributed by atoms with E-state index in [0.29, 0.717) is 0 Å². The van der Waals surface area contributed by atoms with Crippen molar-refractivity contribution < 1.29 is 0 Å². The van der Waals surface area contributed by atoms with Crippen molar-refractivity contribution in [3.05, 3.63) is 70.8 Å². The molecule has 4 aliphatic carbocycles. The topological polar surface area (TPSA) is 6.48 Å². The summed E-state index contributed by atoms with van der Waals surface area (Å²) in [5.41, 5.74) is 6.58. The molecule has 0 N–H and O–H groups in total. The molecule has 0 heterocycles. The summed E-state index contributed by atoms with van der Waals surface area (Å²) >= 11 is 0. The Morgan fingerprint density at radius 3 is 1.24 bits per heavy atom. The maximum atomic E-state index is 2.44. The maximum absolute atomic E-state index is 2.44. The summed E-state index contributed by atoms with van der Waals surface area (Å²) in [6.07, 6.45) is 19.8. The van der Waals surface area contributed by atoms with E-state index in [9.17, 15) is 0 Å². The van der Waals surface area contributed by atoms with Gasteiger partial charge in [0.05, 0.1) is 0 Å². The molecular weight excluding hydrogens is 460 g/mol. The summed E-state index contributed by atoms with van der Waals surface area (Å²) < 4.78 is 0. The lowest BCUT2D eigenvalue weighted by Crippen LogP contribution is -2.37. The molecule has 0 aromatic heterocycles. The second-order valence-corrected chi connectivity index (χ2v) is 13.5. The van der Waals surface area contributed by atoms with E-state index < -0.39 is 0 Å². The second-order valence-electron chi connectivity index (χ2n) is 13.5. The average Bonchev–Trinajstić information content (AvgIpc) is 2.97. The van der Waals surface area contributed by atoms with Gasteiger partial charge in [0.25, 0.3) is 0 Å². The Bertz CT molecular complexity index is 916. The zero-order chi connectivity index (χ0) is 26.5. The van der Waals surface area contributed by atoms with Crippen molar-refractivity contribution in [1.82, 2.24) is 9.80 Å². The zero-order valence-corrected chi connectivity index (χ0v) is 24.9. The highest BCUT2D eigenvalue weighted by atomic mass is 15.1. The van der Waals surface area contributed by atoms with Gasteiger partial charge in [-0.2, -0.15) is 0 Å². The first kappa shape index (κ1) is 27.9. The van der Waals surface area contributed by atoms with Crippen LogP contribution in [0.2, 0.25) is 0 Å². The van der Waals surface area contributed by atoms with Crippen molar-refractivity contribution in [1.29, 1.82) is 0 Å². The van der Waals surface area contributed by atoms with Crippen LogP contribution in [0.1, 0.15) is 111 Å². The van der Waals surface area contributed by atoms with Crippen molar-refractivity contribution in [3.8, 4) is 0 Å². The van der Waals surface area contributed by atoms with Gasteiger partial charge in [-0.25, -0.2) is 0 Å². The van der Waals surface area contributed by atoms with Gasteiger partial charge in [0.2, 0.25) is 0 Å². The molecule has 2 heteroatoms. The molecule has 2 aromatic rings. The molecule has 2 nitrogen and oxygen atoms in total. The number of likely N-dealkylation sites (N-methyl/N-ethyl adjacent to an activating group) is 2. The van der Waals surface area contributed by atoms with Gasteiger partial charge in [-0.1, -0.05) is 87.1 Å². The summed E-state index contributed by atoms with van der Waals surface area (Å²) in [6, 6.07) is 19.9. The Morgan fingerprint density at radius 1 is 0.500 bits per heavy atom. The van der Waals surface area contributed by atoms with Gasteiger partial charge in [-0.05, 0) is 125 Å². The molecule has 4 aliphatic rings. The van der Waals surface area contributed by atoms with E-state index in [4.69, 9.17) is 0 Å². The minimum atomic E-state index is 0.738. The highest BCUT2D eigenvalue weighted by Gasteiger charge is 2.34. The van der Waals surface area contributed by atoms with E-state index in [1.54, 1.807) is 22.3 Å². The number of nitrogens with zero attached hydrogens (tertiary/aromatic N) is 2. The lowest BCUT2D eigenvalue weighted by molar-refractivity contribution is 0.203. The van der Waals surface area contributed by atoms with E-state index in [-0.39, 0.29) is 0 Å². The molecular formula is C36H54N2. The summed E-state index contributed by atoms with van der Waals surface area (Å²) in [5, 5.41) is 0. The fourth-order valence-electron chi connectivity index (χ4n) is 8.43. The minimum Gasteiger partial charge on any atom is -0.306 e. The van der Waals surface area contributed by atoms with Gasteiger partial charge < -0.3 is 9.80 Å². The summed E-state index contributed by atoms with van der Waals surface area (Å²) in [5.74, 6) is 3.52. The van der Waals surface area contributed by atoms with Gasteiger partial charge >= 0.3 is 0 Å². The van der Waals surface area contributed by atoms with Crippen molar-refractivity contribution in [3.63, 3.8) is 0 Å². The molecule has 38 heavy (non-hydrogen) atoms. The van der Waals surface area contributed by atoms with Crippen molar-refractivity contribution in [2.24, 2.45) is 11.8 Å². The predicted octanol–water partition coefficient (Wildman–Crippen LogP) is 8.45. The number of hydrogen-bond donors (Lipinski definition) is 0. The monoisotopic (exact) mass is 514 g/mol. The van der Waals surface area contributed by atoms with E-state index in [0.717, 1.165) is 35.8 Å². The maximum Gasteiger partial charge on any atom is 0.0136 e. The van der Waals surface area contributed by atoms with Crippen LogP contribution >= 0.6 is 0 Å². The first-order chi connectivity index (χ1) is 18.5. The third kappa shape index (κ3) is 6.56. The van der Waals surface area contributed by atoms with Gasteiger partial charge in [0, 0.05) is 12.1 Å². The second kappa shape index (κ2) is 13.1. The van der Waals surface area contributed by atoms with E-state index in [2.05, 4.69) is 86.5 Å². The molecule has 208 valence electrons. The Morgan fingerprint density at radius 2 is 0.868 bits per heavy atom. The highest BCUT2D eigenvalue weighted by Crippen LogP contribution is 2.45. The molecule has 0 unspecified atom stereocenters. The molecule has 2 aromatic carbocycles. The largest absolute Gasteiger partial charge is 0.306 e. The number of hydrogen-bond acceptors (Lipinski definition) is 2. The van der Waals surface area contributed by atoms with Crippen LogP contribution in [-0.4, -0.2) is 50.1 Å². The lowest BCUT2D eigenvalue weighted by atomic mass is 9.69. The van der Waals surface area contributed by atoms with Gasteiger partial charge in [0.15, 0.2) is 0 Å². The molecule has 4 atom stereocenters. The van der Waals surface area contributed by atoms with E-state index >= 15 is 0 Å². The van der Waals surface area contributed by atoms with E-state index in [1.165, 1.54) is 89.9 Å². The SMILES string of the molecule is CN(C)[C@@H]1Cc2ccccc2[C@@H](C2CCCCC2)C1.CN(C)[C@H]1Cc2ccccc2[C@H](C2CCCCC2)C1. The normalized spacial score (nSPS) is 28.4. The van der Waals surface area contributed by atoms with Crippen LogP contribution in [0.5, 0.6) is 0 Å². The lowest BCUT2D eigenvalue weighted by Gasteiger charge is -2.40. The van der Waals surface area contributed by atoms with Gasteiger partial charge in [0.1, 0.15) is 0 Å². The van der Waals surface area contributed by atoms with Gasteiger partial charge in [-0.3, -0.25) is 0 Å². The van der Waals surface area contributed by atoms with Crippen molar-refractivity contribution in [2.45, 2.75) is 114 Å². The van der Waals surface area contributed by atoms with E-state index in [1.807, 2.05) is 0 Å². The predicted molar refractivity (Wildman–Crippen MR) is 163 cm³/mol. The summed E-state index contributed by atoms with van der Waals surface area (Å²) in [6.45, 7) is 0. The van der Waals surface area contributed by atoms with Gasteiger partial charge in [-0.15, -0.1) is 0 Å². The summed E-state index contributed by atoms with van der Waals surface area (Å²) in [4.78, 5) is 4.87.